The van der Waals surface area contributed by atoms with Crippen LogP contribution in [0.5, 0.6) is 11.5 Å². The maximum absolute atomic E-state index is 13.0. The van der Waals surface area contributed by atoms with Gasteiger partial charge >= 0.3 is 0 Å². The number of carbonyl (C=O) groups is 1. The highest BCUT2D eigenvalue weighted by Gasteiger charge is 2.13. The minimum Gasteiger partial charge on any atom is -0.493 e. The molecule has 0 radical (unpaired) electrons. The fraction of sp³-hybridized carbons (Fsp3) is 0.154. The van der Waals surface area contributed by atoms with Gasteiger partial charge in [-0.2, -0.15) is 5.26 Å². The van der Waals surface area contributed by atoms with E-state index in [1.165, 1.54) is 25.3 Å². The number of benzene rings is 3. The normalized spacial score (nSPS) is 10.9. The van der Waals surface area contributed by atoms with Gasteiger partial charge in [0.1, 0.15) is 24.1 Å². The third-order valence-corrected chi connectivity index (χ3v) is 4.82. The maximum Gasteiger partial charge on any atom is 0.266 e. The first-order valence-corrected chi connectivity index (χ1v) is 10.1. The number of halogens is 1. The first kappa shape index (κ1) is 22.6. The van der Waals surface area contributed by atoms with Gasteiger partial charge in [0.25, 0.3) is 5.91 Å². The molecule has 3 aromatic rings. The Labute approximate surface area is 186 Å². The number of hydrogen-bond donors (Lipinski definition) is 1. The molecule has 32 heavy (non-hydrogen) atoms. The molecule has 0 atom stereocenters. The Morgan fingerprint density at radius 1 is 1.09 bits per heavy atom. The predicted molar refractivity (Wildman–Crippen MR) is 122 cm³/mol. The van der Waals surface area contributed by atoms with Crippen LogP contribution >= 0.6 is 0 Å². The number of aryl methyl sites for hydroxylation is 1. The summed E-state index contributed by atoms with van der Waals surface area (Å²) in [5.41, 5.74) is 3.07. The minimum atomic E-state index is -0.482. The molecule has 5 nitrogen and oxygen atoms in total. The molecule has 0 fully saturated rings. The van der Waals surface area contributed by atoms with Gasteiger partial charge in [0.05, 0.1) is 7.11 Å². The topological polar surface area (TPSA) is 71.4 Å². The Hall–Kier alpha value is -4.11. The maximum atomic E-state index is 13.0. The summed E-state index contributed by atoms with van der Waals surface area (Å²) in [6, 6.07) is 20.6. The number of carbonyl (C=O) groups excluding carboxylic acids is 1. The number of nitrogens with zero attached hydrogens (tertiary/aromatic N) is 1. The number of nitriles is 1. The van der Waals surface area contributed by atoms with Crippen molar-refractivity contribution in [3.05, 3.63) is 94.8 Å². The second-order valence-corrected chi connectivity index (χ2v) is 6.96. The average molecular weight is 430 g/mol. The van der Waals surface area contributed by atoms with Gasteiger partial charge in [0.2, 0.25) is 0 Å². The third-order valence-electron chi connectivity index (χ3n) is 4.82. The lowest BCUT2D eigenvalue weighted by atomic mass is 10.1. The third kappa shape index (κ3) is 5.73. The SMILES string of the molecule is CCc1ccccc1NC(=O)/C(C#N)=C/c1ccc(OCc2ccc(F)cc2)c(OC)c1. The van der Waals surface area contributed by atoms with Crippen LogP contribution in [0.1, 0.15) is 23.6 Å². The van der Waals surface area contributed by atoms with Crippen LogP contribution in [0.25, 0.3) is 6.08 Å². The van der Waals surface area contributed by atoms with Gasteiger partial charge in [-0.25, -0.2) is 4.39 Å². The van der Waals surface area contributed by atoms with Crippen molar-refractivity contribution in [2.45, 2.75) is 20.0 Å². The number of rotatable bonds is 8. The number of methoxy groups -OCH3 is 1. The van der Waals surface area contributed by atoms with Crippen molar-refractivity contribution in [2.75, 3.05) is 12.4 Å². The summed E-state index contributed by atoms with van der Waals surface area (Å²) in [6.45, 7) is 2.24. The van der Waals surface area contributed by atoms with E-state index in [-0.39, 0.29) is 18.0 Å². The van der Waals surface area contributed by atoms with Crippen molar-refractivity contribution in [2.24, 2.45) is 0 Å². The molecule has 0 aliphatic rings. The Balaban J connectivity index is 1.76. The van der Waals surface area contributed by atoms with E-state index < -0.39 is 5.91 Å². The number of hydrogen-bond acceptors (Lipinski definition) is 4. The predicted octanol–water partition coefficient (Wildman–Crippen LogP) is 5.52. The molecule has 162 valence electrons. The standard InChI is InChI=1S/C26H23FN2O3/c1-3-20-6-4-5-7-23(20)29-26(30)21(16-28)14-19-10-13-24(25(15-19)31-2)32-17-18-8-11-22(27)12-9-18/h4-15H,3,17H2,1-2H3,(H,29,30)/b21-14+. The smallest absolute Gasteiger partial charge is 0.266 e. The minimum absolute atomic E-state index is 0.0297. The Morgan fingerprint density at radius 3 is 2.53 bits per heavy atom. The van der Waals surface area contributed by atoms with E-state index in [1.807, 2.05) is 37.3 Å². The number of para-hydroxylation sites is 1. The summed E-state index contributed by atoms with van der Waals surface area (Å²) in [7, 11) is 1.51. The van der Waals surface area contributed by atoms with Gasteiger partial charge in [-0.1, -0.05) is 43.3 Å². The van der Waals surface area contributed by atoms with Gasteiger partial charge < -0.3 is 14.8 Å². The Morgan fingerprint density at radius 2 is 1.84 bits per heavy atom. The molecule has 6 heteroatoms. The second kappa shape index (κ2) is 10.8. The fourth-order valence-corrected chi connectivity index (χ4v) is 3.09. The van der Waals surface area contributed by atoms with Crippen LogP contribution in [0.3, 0.4) is 0 Å². The van der Waals surface area contributed by atoms with Crippen LogP contribution in [-0.4, -0.2) is 13.0 Å². The monoisotopic (exact) mass is 430 g/mol. The number of amides is 1. The molecule has 1 amide bonds. The highest BCUT2D eigenvalue weighted by atomic mass is 19.1. The van der Waals surface area contributed by atoms with E-state index in [1.54, 1.807) is 30.3 Å². The van der Waals surface area contributed by atoms with E-state index >= 15 is 0 Å². The quantitative estimate of drug-likeness (QED) is 0.377. The van der Waals surface area contributed by atoms with E-state index in [0.29, 0.717) is 22.7 Å². The lowest BCUT2D eigenvalue weighted by Crippen LogP contribution is -2.14. The van der Waals surface area contributed by atoms with E-state index in [2.05, 4.69) is 5.32 Å². The van der Waals surface area contributed by atoms with Crippen molar-refractivity contribution in [3.8, 4) is 17.6 Å². The second-order valence-electron chi connectivity index (χ2n) is 6.96. The Kier molecular flexibility index (Phi) is 7.60. The van der Waals surface area contributed by atoms with Crippen molar-refractivity contribution in [3.63, 3.8) is 0 Å². The fourth-order valence-electron chi connectivity index (χ4n) is 3.09. The molecule has 1 N–H and O–H groups in total. The molecule has 0 aliphatic carbocycles. The molecule has 0 saturated heterocycles. The molecule has 0 aromatic heterocycles. The Bertz CT molecular complexity index is 1160. The molecule has 3 aromatic carbocycles. The summed E-state index contributed by atoms with van der Waals surface area (Å²) >= 11 is 0. The summed E-state index contributed by atoms with van der Waals surface area (Å²) < 4.78 is 24.2. The van der Waals surface area contributed by atoms with Crippen LogP contribution in [-0.2, 0) is 17.8 Å². The molecule has 0 bridgehead atoms. The molecule has 3 rings (SSSR count). The zero-order valence-electron chi connectivity index (χ0n) is 17.9. The number of nitrogens with one attached hydrogen (secondary N) is 1. The van der Waals surface area contributed by atoms with Crippen molar-refractivity contribution in [1.29, 1.82) is 5.26 Å². The van der Waals surface area contributed by atoms with Crippen molar-refractivity contribution >= 4 is 17.7 Å². The first-order chi connectivity index (χ1) is 15.5. The first-order valence-electron chi connectivity index (χ1n) is 10.1. The number of anilines is 1. The van der Waals surface area contributed by atoms with Crippen LogP contribution in [0.4, 0.5) is 10.1 Å². The van der Waals surface area contributed by atoms with Gasteiger partial charge in [0, 0.05) is 5.69 Å². The van der Waals surface area contributed by atoms with E-state index in [0.717, 1.165) is 17.5 Å². The van der Waals surface area contributed by atoms with Crippen molar-refractivity contribution in [1.82, 2.24) is 0 Å². The molecular weight excluding hydrogens is 407 g/mol. The van der Waals surface area contributed by atoms with Gasteiger partial charge in [-0.3, -0.25) is 4.79 Å². The molecule has 0 saturated carbocycles. The zero-order valence-corrected chi connectivity index (χ0v) is 17.9. The largest absolute Gasteiger partial charge is 0.493 e. The molecule has 0 unspecified atom stereocenters. The van der Waals surface area contributed by atoms with Crippen LogP contribution in [0, 0.1) is 17.1 Å². The van der Waals surface area contributed by atoms with Crippen LogP contribution in [0.15, 0.2) is 72.3 Å². The summed E-state index contributed by atoms with van der Waals surface area (Å²) in [4.78, 5) is 12.6. The molecule has 0 heterocycles. The lowest BCUT2D eigenvalue weighted by Gasteiger charge is -2.12. The lowest BCUT2D eigenvalue weighted by molar-refractivity contribution is -0.112. The van der Waals surface area contributed by atoms with E-state index in [9.17, 15) is 14.4 Å². The zero-order chi connectivity index (χ0) is 22.9. The molecular formula is C26H23FN2O3. The molecule has 0 aliphatic heterocycles. The van der Waals surface area contributed by atoms with Gasteiger partial charge in [-0.15, -0.1) is 0 Å². The summed E-state index contributed by atoms with van der Waals surface area (Å²) in [5.74, 6) is 0.158. The van der Waals surface area contributed by atoms with Crippen LogP contribution in [0.2, 0.25) is 0 Å². The molecule has 0 spiro atoms. The van der Waals surface area contributed by atoms with Crippen molar-refractivity contribution < 1.29 is 18.7 Å². The van der Waals surface area contributed by atoms with E-state index in [4.69, 9.17) is 9.47 Å². The highest BCUT2D eigenvalue weighted by molar-refractivity contribution is 6.10. The highest BCUT2D eigenvalue weighted by Crippen LogP contribution is 2.30. The summed E-state index contributed by atoms with van der Waals surface area (Å²) in [5, 5.41) is 12.3. The van der Waals surface area contributed by atoms with Gasteiger partial charge in [0.15, 0.2) is 11.5 Å². The van der Waals surface area contributed by atoms with Gasteiger partial charge in [-0.05, 0) is 59.5 Å². The average Bonchev–Trinajstić information content (AvgIpc) is 2.82. The summed E-state index contributed by atoms with van der Waals surface area (Å²) in [6.07, 6.45) is 2.26. The van der Waals surface area contributed by atoms with Crippen LogP contribution < -0.4 is 14.8 Å². The number of ether oxygens (including phenoxy) is 2.